The van der Waals surface area contributed by atoms with E-state index >= 15 is 0 Å². The number of ether oxygens (including phenoxy) is 3. The maximum atomic E-state index is 6.38. The number of hydrogen-bond donors (Lipinski definition) is 0. The molecule has 28 heavy (non-hydrogen) atoms. The Balaban J connectivity index is 1.32. The minimum atomic E-state index is -0.343. The molecule has 0 radical (unpaired) electrons. The lowest BCUT2D eigenvalue weighted by Crippen LogP contribution is -2.52. The van der Waals surface area contributed by atoms with Crippen LogP contribution in [0.2, 0.25) is 0 Å². The van der Waals surface area contributed by atoms with E-state index in [1.807, 2.05) is 5.57 Å². The molecule has 6 atom stereocenters. The molecule has 154 valence electrons. The van der Waals surface area contributed by atoms with E-state index in [9.17, 15) is 0 Å². The van der Waals surface area contributed by atoms with Crippen LogP contribution >= 0.6 is 0 Å². The monoisotopic (exact) mass is 384 g/mol. The summed E-state index contributed by atoms with van der Waals surface area (Å²) in [5, 5.41) is 0. The van der Waals surface area contributed by atoms with Crippen molar-refractivity contribution >= 4 is 0 Å². The van der Waals surface area contributed by atoms with Crippen LogP contribution in [0.3, 0.4) is 0 Å². The second-order valence-electron chi connectivity index (χ2n) is 11.4. The third kappa shape index (κ3) is 1.95. The Kier molecular flexibility index (Phi) is 3.44. The Morgan fingerprint density at radius 1 is 1.04 bits per heavy atom. The lowest BCUT2D eigenvalue weighted by molar-refractivity contribution is -0.186. The molecule has 0 N–H and O–H groups in total. The quantitative estimate of drug-likeness (QED) is 0.550. The SMILES string of the molecule is CCCOC1CC[C@H]2[C@]3(C)CC[C@@]45CC6(CC[C@@]4(C5)C3=CC[C@]12C)OC=CO6. The molecule has 1 unspecified atom stereocenters. The first-order valence-corrected chi connectivity index (χ1v) is 11.8. The fourth-order valence-corrected chi connectivity index (χ4v) is 8.94. The average Bonchev–Trinajstić information content (AvgIpc) is 2.92. The second kappa shape index (κ2) is 5.39. The van der Waals surface area contributed by atoms with Gasteiger partial charge < -0.3 is 14.2 Å². The maximum Gasteiger partial charge on any atom is 0.250 e. The van der Waals surface area contributed by atoms with Crippen LogP contribution in [0.15, 0.2) is 24.2 Å². The summed E-state index contributed by atoms with van der Waals surface area (Å²) in [4.78, 5) is 0. The van der Waals surface area contributed by atoms with E-state index in [4.69, 9.17) is 14.2 Å². The highest BCUT2D eigenvalue weighted by Crippen LogP contribution is 2.85. The van der Waals surface area contributed by atoms with Crippen LogP contribution in [0, 0.1) is 27.6 Å². The van der Waals surface area contributed by atoms with Gasteiger partial charge in [-0.2, -0.15) is 0 Å². The van der Waals surface area contributed by atoms with E-state index in [1.54, 1.807) is 12.5 Å². The Morgan fingerprint density at radius 3 is 2.64 bits per heavy atom. The van der Waals surface area contributed by atoms with Gasteiger partial charge in [0.15, 0.2) is 0 Å². The number of hydrogen-bond acceptors (Lipinski definition) is 3. The van der Waals surface area contributed by atoms with Crippen molar-refractivity contribution in [3.63, 3.8) is 0 Å². The summed E-state index contributed by atoms with van der Waals surface area (Å²) in [5.74, 6) is 0.440. The lowest BCUT2D eigenvalue weighted by Gasteiger charge is -2.58. The zero-order chi connectivity index (χ0) is 19.3. The van der Waals surface area contributed by atoms with Crippen molar-refractivity contribution in [2.45, 2.75) is 96.9 Å². The van der Waals surface area contributed by atoms with Crippen molar-refractivity contribution in [3.8, 4) is 0 Å². The van der Waals surface area contributed by atoms with Crippen molar-refractivity contribution in [1.29, 1.82) is 0 Å². The molecular weight excluding hydrogens is 348 g/mol. The fraction of sp³-hybridized carbons (Fsp3) is 0.840. The van der Waals surface area contributed by atoms with E-state index in [1.165, 1.54) is 44.9 Å². The predicted molar refractivity (Wildman–Crippen MR) is 108 cm³/mol. The fourth-order valence-electron chi connectivity index (χ4n) is 8.94. The van der Waals surface area contributed by atoms with Gasteiger partial charge in [0.05, 0.1) is 6.10 Å². The highest BCUT2D eigenvalue weighted by molar-refractivity contribution is 5.43. The molecule has 0 aromatic heterocycles. The van der Waals surface area contributed by atoms with Crippen LogP contribution in [-0.2, 0) is 14.2 Å². The average molecular weight is 385 g/mol. The molecule has 1 spiro atoms. The van der Waals surface area contributed by atoms with Gasteiger partial charge in [-0.15, -0.1) is 0 Å². The summed E-state index contributed by atoms with van der Waals surface area (Å²) in [6.07, 6.45) is 19.1. The molecule has 0 aromatic carbocycles. The summed E-state index contributed by atoms with van der Waals surface area (Å²) in [6, 6.07) is 0. The third-order valence-corrected chi connectivity index (χ3v) is 10.2. The minimum Gasteiger partial charge on any atom is -0.457 e. The highest BCUT2D eigenvalue weighted by Gasteiger charge is 2.78. The molecule has 0 saturated heterocycles. The van der Waals surface area contributed by atoms with Gasteiger partial charge in [0, 0.05) is 24.9 Å². The molecule has 3 nitrogen and oxygen atoms in total. The van der Waals surface area contributed by atoms with Crippen LogP contribution in [0.5, 0.6) is 0 Å². The van der Waals surface area contributed by atoms with Crippen LogP contribution in [0.1, 0.15) is 85.0 Å². The topological polar surface area (TPSA) is 27.7 Å². The van der Waals surface area contributed by atoms with Gasteiger partial charge >= 0.3 is 0 Å². The van der Waals surface area contributed by atoms with Gasteiger partial charge in [0.2, 0.25) is 5.79 Å². The molecule has 4 fully saturated rings. The molecule has 4 saturated carbocycles. The Bertz CT molecular complexity index is 747. The van der Waals surface area contributed by atoms with Gasteiger partial charge in [-0.3, -0.25) is 0 Å². The van der Waals surface area contributed by atoms with E-state index < -0.39 is 0 Å². The Labute approximate surface area is 169 Å². The van der Waals surface area contributed by atoms with Crippen molar-refractivity contribution < 1.29 is 14.2 Å². The molecule has 1 heterocycles. The summed E-state index contributed by atoms with van der Waals surface area (Å²) in [5.41, 5.74) is 3.43. The normalized spacial score (nSPS) is 52.0. The standard InChI is InChI=1S/C25H36O3/c1-4-13-26-20-6-5-18-21(2)9-10-23-16-24(23,19(21)7-8-22(18,20)3)11-12-25(17-23)27-14-15-28-25/h7,14-15,18,20H,4-6,8-13,16-17H2,1-3H3/t18-,20?,21-,22-,23+,24+/m0/s1. The van der Waals surface area contributed by atoms with Gasteiger partial charge in [0.1, 0.15) is 12.5 Å². The maximum absolute atomic E-state index is 6.38. The Hall–Kier alpha value is -0.960. The molecule has 5 aliphatic carbocycles. The smallest absolute Gasteiger partial charge is 0.250 e. The third-order valence-electron chi connectivity index (χ3n) is 10.2. The molecular formula is C25H36O3. The first kappa shape index (κ1) is 17.9. The van der Waals surface area contributed by atoms with E-state index in [-0.39, 0.29) is 5.79 Å². The summed E-state index contributed by atoms with van der Waals surface area (Å²) in [7, 11) is 0. The second-order valence-corrected chi connectivity index (χ2v) is 11.4. The lowest BCUT2D eigenvalue weighted by atomic mass is 9.48. The van der Waals surface area contributed by atoms with Crippen molar-refractivity contribution in [2.75, 3.05) is 6.61 Å². The van der Waals surface area contributed by atoms with Gasteiger partial charge in [0.25, 0.3) is 0 Å². The van der Waals surface area contributed by atoms with Crippen LogP contribution in [-0.4, -0.2) is 18.5 Å². The predicted octanol–water partition coefficient (Wildman–Crippen LogP) is 6.10. The highest BCUT2D eigenvalue weighted by atomic mass is 16.7. The molecule has 0 amide bonds. The van der Waals surface area contributed by atoms with Gasteiger partial charge in [-0.1, -0.05) is 32.4 Å². The van der Waals surface area contributed by atoms with E-state index in [0.717, 1.165) is 31.8 Å². The summed E-state index contributed by atoms with van der Waals surface area (Å²) >= 11 is 0. The Morgan fingerprint density at radius 2 is 1.86 bits per heavy atom. The first-order chi connectivity index (χ1) is 13.4. The van der Waals surface area contributed by atoms with Crippen molar-refractivity contribution in [3.05, 3.63) is 24.2 Å². The van der Waals surface area contributed by atoms with Crippen molar-refractivity contribution in [1.82, 2.24) is 0 Å². The minimum absolute atomic E-state index is 0.330. The molecule has 1 aliphatic heterocycles. The number of fused-ring (bicyclic) bond motifs is 3. The molecule has 6 rings (SSSR count). The van der Waals surface area contributed by atoms with Crippen LogP contribution < -0.4 is 0 Å². The van der Waals surface area contributed by atoms with Crippen LogP contribution in [0.4, 0.5) is 0 Å². The van der Waals surface area contributed by atoms with E-state index in [2.05, 4.69) is 26.8 Å². The first-order valence-electron chi connectivity index (χ1n) is 11.8. The zero-order valence-electron chi connectivity index (χ0n) is 17.9. The largest absolute Gasteiger partial charge is 0.457 e. The summed E-state index contributed by atoms with van der Waals surface area (Å²) in [6.45, 7) is 8.31. The summed E-state index contributed by atoms with van der Waals surface area (Å²) < 4.78 is 18.3. The molecule has 0 bridgehead atoms. The van der Waals surface area contributed by atoms with Crippen molar-refractivity contribution in [2.24, 2.45) is 27.6 Å². The molecule has 6 aliphatic rings. The van der Waals surface area contributed by atoms with E-state index in [0.29, 0.717) is 27.8 Å². The number of rotatable bonds is 3. The number of allylic oxidation sites excluding steroid dienone is 2. The molecule has 3 heteroatoms. The zero-order valence-corrected chi connectivity index (χ0v) is 17.9. The van der Waals surface area contributed by atoms with Gasteiger partial charge in [-0.05, 0) is 73.5 Å². The van der Waals surface area contributed by atoms with Crippen LogP contribution in [0.25, 0.3) is 0 Å². The van der Waals surface area contributed by atoms with Gasteiger partial charge in [-0.25, -0.2) is 0 Å². The molecule has 0 aromatic rings.